The Morgan fingerprint density at radius 1 is 1.06 bits per heavy atom. The largest absolute Gasteiger partial charge is 0.121 e. The van der Waals surface area contributed by atoms with Gasteiger partial charge in [0.2, 0.25) is 0 Å². The maximum absolute atomic E-state index is 3.55. The van der Waals surface area contributed by atoms with Crippen molar-refractivity contribution in [2.75, 3.05) is 0 Å². The van der Waals surface area contributed by atoms with Gasteiger partial charge < -0.3 is 0 Å². The van der Waals surface area contributed by atoms with Gasteiger partial charge in [-0.05, 0) is 35.2 Å². The zero-order valence-corrected chi connectivity index (χ0v) is 13.1. The summed E-state index contributed by atoms with van der Waals surface area (Å²) in [6.45, 7) is 4.49. The Kier molecular flexibility index (Phi) is 4.90. The molecule has 2 rings (SSSR count). The van der Waals surface area contributed by atoms with E-state index in [-0.39, 0.29) is 0 Å². The quantitative estimate of drug-likeness (QED) is 0.635. The Morgan fingerprint density at radius 2 is 1.78 bits per heavy atom. The molecular formula is C16H17BrS. The van der Waals surface area contributed by atoms with Gasteiger partial charge in [-0.2, -0.15) is 0 Å². The van der Waals surface area contributed by atoms with Gasteiger partial charge in [-0.15, -0.1) is 11.8 Å². The van der Waals surface area contributed by atoms with Crippen molar-refractivity contribution in [2.45, 2.75) is 30.4 Å². The minimum atomic E-state index is 0.556. The average Bonchev–Trinajstić information content (AvgIpc) is 2.38. The van der Waals surface area contributed by atoms with Crippen LogP contribution in [-0.2, 0) is 5.75 Å². The normalized spacial score (nSPS) is 10.9. The highest BCUT2D eigenvalue weighted by molar-refractivity contribution is 9.10. The van der Waals surface area contributed by atoms with E-state index in [4.69, 9.17) is 0 Å². The molecule has 2 heteroatoms. The van der Waals surface area contributed by atoms with Crippen LogP contribution in [0.15, 0.2) is 57.9 Å². The van der Waals surface area contributed by atoms with E-state index >= 15 is 0 Å². The molecule has 0 nitrogen and oxygen atoms in total. The molecule has 0 aliphatic carbocycles. The molecule has 0 unspecified atom stereocenters. The molecule has 0 spiro atoms. The first-order valence-corrected chi connectivity index (χ1v) is 7.91. The Labute approximate surface area is 122 Å². The van der Waals surface area contributed by atoms with Gasteiger partial charge in [0.1, 0.15) is 0 Å². The average molecular weight is 321 g/mol. The molecule has 0 bridgehead atoms. The fourth-order valence-electron chi connectivity index (χ4n) is 1.84. The molecule has 0 aliphatic heterocycles. The van der Waals surface area contributed by atoms with Crippen molar-refractivity contribution in [3.8, 4) is 0 Å². The van der Waals surface area contributed by atoms with E-state index in [1.807, 2.05) is 11.8 Å². The van der Waals surface area contributed by atoms with Gasteiger partial charge in [-0.1, -0.05) is 60.1 Å². The SMILES string of the molecule is CC(C)c1cc(Br)ccc1SCc1ccccc1. The van der Waals surface area contributed by atoms with Crippen molar-refractivity contribution in [3.63, 3.8) is 0 Å². The Morgan fingerprint density at radius 3 is 2.44 bits per heavy atom. The molecule has 2 aromatic carbocycles. The molecule has 94 valence electrons. The van der Waals surface area contributed by atoms with E-state index in [9.17, 15) is 0 Å². The summed E-state index contributed by atoms with van der Waals surface area (Å²) in [5, 5.41) is 0. The van der Waals surface area contributed by atoms with Crippen LogP contribution in [0.1, 0.15) is 30.9 Å². The van der Waals surface area contributed by atoms with Crippen molar-refractivity contribution in [3.05, 3.63) is 64.1 Å². The highest BCUT2D eigenvalue weighted by Gasteiger charge is 2.08. The van der Waals surface area contributed by atoms with Crippen molar-refractivity contribution in [1.82, 2.24) is 0 Å². The lowest BCUT2D eigenvalue weighted by molar-refractivity contribution is 0.841. The first-order valence-electron chi connectivity index (χ1n) is 6.13. The molecule has 0 aromatic heterocycles. The molecule has 0 aliphatic rings. The van der Waals surface area contributed by atoms with E-state index in [0.29, 0.717) is 5.92 Å². The predicted octanol–water partition coefficient (Wildman–Crippen LogP) is 5.86. The third-order valence-electron chi connectivity index (χ3n) is 2.83. The second-order valence-corrected chi connectivity index (χ2v) is 6.54. The van der Waals surface area contributed by atoms with Crippen molar-refractivity contribution < 1.29 is 0 Å². The van der Waals surface area contributed by atoms with E-state index < -0.39 is 0 Å². The smallest absolute Gasteiger partial charge is 0.0232 e. The summed E-state index contributed by atoms with van der Waals surface area (Å²) in [5.74, 6) is 1.59. The van der Waals surface area contributed by atoms with Crippen molar-refractivity contribution >= 4 is 27.7 Å². The van der Waals surface area contributed by atoms with Crippen LogP contribution in [0.3, 0.4) is 0 Å². The standard InChI is InChI=1S/C16H17BrS/c1-12(2)15-10-14(17)8-9-16(15)18-11-13-6-4-3-5-7-13/h3-10,12H,11H2,1-2H3. The second kappa shape index (κ2) is 6.44. The fourth-order valence-corrected chi connectivity index (χ4v) is 3.36. The van der Waals surface area contributed by atoms with Crippen LogP contribution in [-0.4, -0.2) is 0 Å². The summed E-state index contributed by atoms with van der Waals surface area (Å²) < 4.78 is 1.16. The minimum Gasteiger partial charge on any atom is -0.121 e. The van der Waals surface area contributed by atoms with Crippen LogP contribution >= 0.6 is 27.7 Å². The van der Waals surface area contributed by atoms with Crippen LogP contribution in [0.4, 0.5) is 0 Å². The fraction of sp³-hybridized carbons (Fsp3) is 0.250. The molecule has 0 atom stereocenters. The highest BCUT2D eigenvalue weighted by Crippen LogP contribution is 2.32. The minimum absolute atomic E-state index is 0.556. The molecule has 0 radical (unpaired) electrons. The maximum atomic E-state index is 3.55. The molecule has 0 saturated heterocycles. The van der Waals surface area contributed by atoms with Gasteiger partial charge in [-0.3, -0.25) is 0 Å². The van der Waals surface area contributed by atoms with Gasteiger partial charge in [0.15, 0.2) is 0 Å². The molecule has 0 heterocycles. The first kappa shape index (κ1) is 13.7. The number of rotatable bonds is 4. The number of benzene rings is 2. The third kappa shape index (κ3) is 3.63. The van der Waals surface area contributed by atoms with Gasteiger partial charge in [0, 0.05) is 15.1 Å². The van der Waals surface area contributed by atoms with Crippen molar-refractivity contribution in [2.24, 2.45) is 0 Å². The Hall–Kier alpha value is -0.730. The number of hydrogen-bond acceptors (Lipinski definition) is 1. The number of halogens is 1. The molecule has 0 N–H and O–H groups in total. The molecular weight excluding hydrogens is 304 g/mol. The molecule has 0 amide bonds. The van der Waals surface area contributed by atoms with Crippen LogP contribution in [0.2, 0.25) is 0 Å². The summed E-state index contributed by atoms with van der Waals surface area (Å²) in [6, 6.07) is 17.2. The third-order valence-corrected chi connectivity index (χ3v) is 4.48. The van der Waals surface area contributed by atoms with Gasteiger partial charge >= 0.3 is 0 Å². The molecule has 2 aromatic rings. The zero-order chi connectivity index (χ0) is 13.0. The summed E-state index contributed by atoms with van der Waals surface area (Å²) in [6.07, 6.45) is 0. The van der Waals surface area contributed by atoms with Crippen molar-refractivity contribution in [1.29, 1.82) is 0 Å². The first-order chi connectivity index (χ1) is 8.66. The van der Waals surface area contributed by atoms with Gasteiger partial charge in [-0.25, -0.2) is 0 Å². The summed E-state index contributed by atoms with van der Waals surface area (Å²) in [4.78, 5) is 1.39. The number of hydrogen-bond donors (Lipinski definition) is 0. The highest BCUT2D eigenvalue weighted by atomic mass is 79.9. The second-order valence-electron chi connectivity index (χ2n) is 4.61. The number of thioether (sulfide) groups is 1. The van der Waals surface area contributed by atoms with Crippen LogP contribution in [0.25, 0.3) is 0 Å². The van der Waals surface area contributed by atoms with E-state index in [0.717, 1.165) is 10.2 Å². The van der Waals surface area contributed by atoms with Crippen LogP contribution in [0, 0.1) is 0 Å². The van der Waals surface area contributed by atoms with Crippen LogP contribution in [0.5, 0.6) is 0 Å². The Balaban J connectivity index is 2.14. The lowest BCUT2D eigenvalue weighted by Gasteiger charge is -2.13. The van der Waals surface area contributed by atoms with E-state index in [1.54, 1.807) is 0 Å². The monoisotopic (exact) mass is 320 g/mol. The lowest BCUT2D eigenvalue weighted by Crippen LogP contribution is -1.91. The van der Waals surface area contributed by atoms with E-state index in [2.05, 4.69) is 78.3 Å². The summed E-state index contributed by atoms with van der Waals surface area (Å²) in [5.41, 5.74) is 2.80. The maximum Gasteiger partial charge on any atom is 0.0232 e. The molecule has 0 saturated carbocycles. The lowest BCUT2D eigenvalue weighted by atomic mass is 10.0. The van der Waals surface area contributed by atoms with E-state index in [1.165, 1.54) is 16.0 Å². The Bertz CT molecular complexity index is 506. The topological polar surface area (TPSA) is 0 Å². The predicted molar refractivity (Wildman–Crippen MR) is 84.2 cm³/mol. The summed E-state index contributed by atoms with van der Waals surface area (Å²) in [7, 11) is 0. The van der Waals surface area contributed by atoms with Gasteiger partial charge in [0.05, 0.1) is 0 Å². The van der Waals surface area contributed by atoms with Gasteiger partial charge in [0.25, 0.3) is 0 Å². The summed E-state index contributed by atoms with van der Waals surface area (Å²) >= 11 is 5.47. The zero-order valence-electron chi connectivity index (χ0n) is 10.7. The molecule has 18 heavy (non-hydrogen) atoms. The molecule has 0 fully saturated rings. The van der Waals surface area contributed by atoms with Crippen LogP contribution < -0.4 is 0 Å².